The first kappa shape index (κ1) is 24.1. The minimum atomic E-state index is -3.34. The third-order valence-electron chi connectivity index (χ3n) is 5.45. The van der Waals surface area contributed by atoms with Crippen LogP contribution in [-0.4, -0.2) is 45.8 Å². The maximum absolute atomic E-state index is 12.1. The van der Waals surface area contributed by atoms with Gasteiger partial charge in [-0.2, -0.15) is 0 Å². The lowest BCUT2D eigenvalue weighted by atomic mass is 10.1. The standard InChI is InChI=1S/C25H24N4O5S/c1-4-35(32,33)20-10-8-19(9-11-20)34-24-14-23-22(13-18(24)15-29(16(2)30)17(3)31)27-25(28-23)21-7-5-6-12-26-21/h5-14H,4,15H2,1-3H3,(H,27,28). The van der Waals surface area contributed by atoms with Crippen LogP contribution in [0.4, 0.5) is 0 Å². The largest absolute Gasteiger partial charge is 0.457 e. The zero-order valence-electron chi connectivity index (χ0n) is 19.5. The van der Waals surface area contributed by atoms with Crippen molar-refractivity contribution in [2.75, 3.05) is 5.75 Å². The number of imide groups is 1. The van der Waals surface area contributed by atoms with Crippen LogP contribution in [0, 0.1) is 0 Å². The van der Waals surface area contributed by atoms with Gasteiger partial charge < -0.3 is 9.72 Å². The lowest BCUT2D eigenvalue weighted by molar-refractivity contribution is -0.142. The molecule has 0 bridgehead atoms. The number of aromatic amines is 1. The number of fused-ring (bicyclic) bond motifs is 1. The zero-order chi connectivity index (χ0) is 25.2. The highest BCUT2D eigenvalue weighted by atomic mass is 32.2. The van der Waals surface area contributed by atoms with E-state index >= 15 is 0 Å². The minimum absolute atomic E-state index is 0.00227. The highest BCUT2D eigenvalue weighted by Gasteiger charge is 2.20. The molecule has 0 atom stereocenters. The van der Waals surface area contributed by atoms with E-state index in [9.17, 15) is 18.0 Å². The first-order valence-corrected chi connectivity index (χ1v) is 12.6. The molecule has 0 aliphatic rings. The molecule has 2 aromatic carbocycles. The molecule has 10 heteroatoms. The zero-order valence-corrected chi connectivity index (χ0v) is 20.3. The van der Waals surface area contributed by atoms with Crippen molar-refractivity contribution < 1.29 is 22.7 Å². The third-order valence-corrected chi connectivity index (χ3v) is 7.20. The second-order valence-corrected chi connectivity index (χ2v) is 10.2. The Bertz CT molecular complexity index is 1480. The number of nitrogens with one attached hydrogen (secondary N) is 1. The molecule has 2 amide bonds. The van der Waals surface area contributed by atoms with E-state index in [1.54, 1.807) is 37.4 Å². The molecule has 2 heterocycles. The lowest BCUT2D eigenvalue weighted by Gasteiger charge is -2.19. The number of nitrogens with zero attached hydrogens (tertiary/aromatic N) is 3. The van der Waals surface area contributed by atoms with Gasteiger partial charge >= 0.3 is 0 Å². The van der Waals surface area contributed by atoms with Crippen molar-refractivity contribution in [2.45, 2.75) is 32.2 Å². The van der Waals surface area contributed by atoms with Crippen LogP contribution in [-0.2, 0) is 26.0 Å². The molecule has 0 radical (unpaired) electrons. The summed E-state index contributed by atoms with van der Waals surface area (Å²) in [6.07, 6.45) is 1.67. The summed E-state index contributed by atoms with van der Waals surface area (Å²) in [6, 6.07) is 15.1. The topological polar surface area (TPSA) is 122 Å². The van der Waals surface area contributed by atoms with Gasteiger partial charge in [0.25, 0.3) is 0 Å². The fraction of sp³-hybridized carbons (Fsp3) is 0.200. The second-order valence-electron chi connectivity index (χ2n) is 7.88. The molecular weight excluding hydrogens is 468 g/mol. The third kappa shape index (κ3) is 5.22. The van der Waals surface area contributed by atoms with Crippen LogP contribution in [0.15, 0.2) is 65.7 Å². The molecule has 0 unspecified atom stereocenters. The number of pyridine rings is 1. The smallest absolute Gasteiger partial charge is 0.226 e. The molecule has 2 aromatic heterocycles. The van der Waals surface area contributed by atoms with Crippen molar-refractivity contribution in [2.24, 2.45) is 0 Å². The number of rotatable bonds is 7. The molecule has 0 saturated heterocycles. The predicted molar refractivity (Wildman–Crippen MR) is 130 cm³/mol. The van der Waals surface area contributed by atoms with Crippen LogP contribution in [0.5, 0.6) is 11.5 Å². The van der Waals surface area contributed by atoms with Crippen LogP contribution < -0.4 is 4.74 Å². The summed E-state index contributed by atoms with van der Waals surface area (Å²) in [4.78, 5) is 37.6. The maximum atomic E-state index is 12.1. The molecule has 4 aromatic rings. The van der Waals surface area contributed by atoms with Crippen molar-refractivity contribution in [3.8, 4) is 23.0 Å². The Balaban J connectivity index is 1.76. The van der Waals surface area contributed by atoms with E-state index in [2.05, 4.69) is 15.0 Å². The summed E-state index contributed by atoms with van der Waals surface area (Å²) in [6.45, 7) is 4.22. The molecule has 35 heavy (non-hydrogen) atoms. The number of H-pyrrole nitrogens is 1. The van der Waals surface area contributed by atoms with E-state index in [0.29, 0.717) is 39.6 Å². The Morgan fingerprint density at radius 2 is 1.74 bits per heavy atom. The van der Waals surface area contributed by atoms with Gasteiger partial charge in [-0.25, -0.2) is 13.4 Å². The van der Waals surface area contributed by atoms with Crippen molar-refractivity contribution in [1.29, 1.82) is 0 Å². The van der Waals surface area contributed by atoms with Crippen molar-refractivity contribution in [1.82, 2.24) is 19.9 Å². The Morgan fingerprint density at radius 1 is 1.03 bits per heavy atom. The Hall–Kier alpha value is -4.05. The predicted octanol–water partition coefficient (Wildman–Crippen LogP) is 4.11. The first-order valence-electron chi connectivity index (χ1n) is 10.9. The molecule has 0 fully saturated rings. The highest BCUT2D eigenvalue weighted by Crippen LogP contribution is 2.32. The fourth-order valence-electron chi connectivity index (χ4n) is 3.55. The van der Waals surface area contributed by atoms with E-state index in [0.717, 1.165) is 4.90 Å². The summed E-state index contributed by atoms with van der Waals surface area (Å²) in [5.74, 6) is 0.562. The SMILES string of the molecule is CCS(=O)(=O)c1ccc(Oc2cc3nc(-c4ccccn4)[nH]c3cc2CN(C(C)=O)C(C)=O)cc1. The number of hydrogen-bond acceptors (Lipinski definition) is 7. The van der Waals surface area contributed by atoms with Crippen LogP contribution in [0.3, 0.4) is 0 Å². The Labute approximate surface area is 202 Å². The van der Waals surface area contributed by atoms with Crippen LogP contribution in [0.25, 0.3) is 22.6 Å². The van der Waals surface area contributed by atoms with Gasteiger partial charge in [0.15, 0.2) is 15.7 Å². The van der Waals surface area contributed by atoms with Crippen LogP contribution >= 0.6 is 0 Å². The Kier molecular flexibility index (Phi) is 6.65. The molecule has 1 N–H and O–H groups in total. The summed E-state index contributed by atoms with van der Waals surface area (Å²) in [5.41, 5.74) is 2.52. The van der Waals surface area contributed by atoms with E-state index in [1.807, 2.05) is 18.2 Å². The van der Waals surface area contributed by atoms with Gasteiger partial charge in [0.1, 0.15) is 17.2 Å². The number of benzene rings is 2. The van der Waals surface area contributed by atoms with Gasteiger partial charge in [-0.1, -0.05) is 13.0 Å². The Morgan fingerprint density at radius 3 is 2.34 bits per heavy atom. The lowest BCUT2D eigenvalue weighted by Crippen LogP contribution is -2.32. The summed E-state index contributed by atoms with van der Waals surface area (Å²) in [5, 5.41) is 0. The van der Waals surface area contributed by atoms with Crippen molar-refractivity contribution >= 4 is 32.7 Å². The van der Waals surface area contributed by atoms with Crippen LogP contribution in [0.1, 0.15) is 26.3 Å². The number of amides is 2. The molecule has 9 nitrogen and oxygen atoms in total. The first-order chi connectivity index (χ1) is 16.7. The number of aromatic nitrogens is 3. The number of imidazole rings is 1. The highest BCUT2D eigenvalue weighted by molar-refractivity contribution is 7.91. The van der Waals surface area contributed by atoms with Gasteiger partial charge in [0.2, 0.25) is 11.8 Å². The second kappa shape index (κ2) is 9.67. The van der Waals surface area contributed by atoms with Crippen molar-refractivity contribution in [3.63, 3.8) is 0 Å². The normalized spacial score (nSPS) is 11.4. The van der Waals surface area contributed by atoms with E-state index in [4.69, 9.17) is 4.74 Å². The quantitative estimate of drug-likeness (QED) is 0.412. The average molecular weight is 493 g/mol. The molecule has 0 aliphatic carbocycles. The number of carbonyl (C=O) groups is 2. The van der Waals surface area contributed by atoms with Crippen molar-refractivity contribution in [3.05, 3.63) is 66.4 Å². The number of ether oxygens (including phenoxy) is 1. The fourth-order valence-corrected chi connectivity index (χ4v) is 4.43. The summed E-state index contributed by atoms with van der Waals surface area (Å²) >= 11 is 0. The summed E-state index contributed by atoms with van der Waals surface area (Å²) in [7, 11) is -3.34. The van der Waals surface area contributed by atoms with Gasteiger partial charge in [-0.3, -0.25) is 19.5 Å². The van der Waals surface area contributed by atoms with Gasteiger partial charge in [0, 0.05) is 31.7 Å². The molecule has 4 rings (SSSR count). The molecular formula is C25H24N4O5S. The van der Waals surface area contributed by atoms with Gasteiger partial charge in [-0.05, 0) is 42.5 Å². The van der Waals surface area contributed by atoms with E-state index in [-0.39, 0.29) is 17.2 Å². The van der Waals surface area contributed by atoms with Gasteiger partial charge in [0.05, 0.1) is 28.2 Å². The molecule has 0 spiro atoms. The average Bonchev–Trinajstić information content (AvgIpc) is 3.26. The number of sulfone groups is 1. The monoisotopic (exact) mass is 492 g/mol. The molecule has 0 saturated carbocycles. The summed E-state index contributed by atoms with van der Waals surface area (Å²) < 4.78 is 30.3. The van der Waals surface area contributed by atoms with E-state index in [1.165, 1.54) is 26.0 Å². The number of hydrogen-bond donors (Lipinski definition) is 1. The van der Waals surface area contributed by atoms with E-state index < -0.39 is 21.7 Å². The molecule has 180 valence electrons. The maximum Gasteiger partial charge on any atom is 0.226 e. The number of carbonyl (C=O) groups excluding carboxylic acids is 2. The van der Waals surface area contributed by atoms with Crippen LogP contribution in [0.2, 0.25) is 0 Å². The van der Waals surface area contributed by atoms with Gasteiger partial charge in [-0.15, -0.1) is 0 Å². The minimum Gasteiger partial charge on any atom is -0.457 e. The molecule has 0 aliphatic heterocycles.